The summed E-state index contributed by atoms with van der Waals surface area (Å²) in [7, 11) is 0. The fourth-order valence-electron chi connectivity index (χ4n) is 10.2. The van der Waals surface area contributed by atoms with Gasteiger partial charge in [-0.1, -0.05) is 158 Å². The summed E-state index contributed by atoms with van der Waals surface area (Å²) in [5.41, 5.74) is 5.30. The molecule has 2 fully saturated rings. The Bertz CT molecular complexity index is 2920. The van der Waals surface area contributed by atoms with Crippen LogP contribution in [0.4, 0.5) is 0 Å². The molecule has 0 saturated carbocycles. The molecule has 10 rings (SSSR count). The highest BCUT2D eigenvalue weighted by Crippen LogP contribution is 2.39. The van der Waals surface area contributed by atoms with Crippen LogP contribution < -0.4 is 9.47 Å². The molecule has 2 saturated heterocycles. The third kappa shape index (κ3) is 14.3. The molecule has 2 aliphatic heterocycles. The van der Waals surface area contributed by atoms with Gasteiger partial charge in [0.05, 0.1) is 0 Å². The maximum absolute atomic E-state index is 11.6. The van der Waals surface area contributed by atoms with E-state index in [9.17, 15) is 30.0 Å². The van der Waals surface area contributed by atoms with Crippen molar-refractivity contribution in [1.29, 1.82) is 0 Å². The summed E-state index contributed by atoms with van der Waals surface area (Å²) in [5.74, 6) is -1.30. The van der Waals surface area contributed by atoms with Gasteiger partial charge in [-0.2, -0.15) is 0 Å². The first-order valence-corrected chi connectivity index (χ1v) is 26.4. The van der Waals surface area contributed by atoms with Crippen LogP contribution in [0.1, 0.15) is 106 Å². The standard InChI is InChI=1S/C23H16O6.2C21H27NO/c24-20-16(14-7-3-1-5-12(14)9-18(20)22(26)27)11-17-15-8-4-2-6-13(15)10-19(21(17)25)23(28)29;2*1-18(22-14-8-3-9-15-22)17-23-21-13-7-6-12-20(21)16-19-10-4-2-5-11-19/h1-10,24-25H,11H2,(H,26,27)(H,28,29);2*2,4-7,10-13,18H,3,8-9,14-17H2,1H3. The lowest BCUT2D eigenvalue weighted by Crippen LogP contribution is -2.40. The summed E-state index contributed by atoms with van der Waals surface area (Å²) in [6.07, 6.45) is 9.88. The molecule has 0 spiro atoms. The van der Waals surface area contributed by atoms with Crippen molar-refractivity contribution < 1.29 is 39.5 Å². The number of hydrogen-bond donors (Lipinski definition) is 4. The number of benzene rings is 8. The minimum Gasteiger partial charge on any atom is -0.507 e. The number of fused-ring (bicyclic) bond motifs is 2. The fraction of sp³-hybridized carbons (Fsp3) is 0.292. The highest BCUT2D eigenvalue weighted by atomic mass is 16.5. The fourth-order valence-corrected chi connectivity index (χ4v) is 10.2. The van der Waals surface area contributed by atoms with Crippen molar-refractivity contribution in [3.8, 4) is 23.0 Å². The monoisotopic (exact) mass is 1010 g/mol. The molecule has 10 heteroatoms. The molecule has 4 N–H and O–H groups in total. The predicted molar refractivity (Wildman–Crippen MR) is 300 cm³/mol. The SMILES string of the molecule is CC(COc1ccccc1Cc1ccccc1)N1CCCCC1.CC(COc1ccccc1Cc1ccccc1)N1CCCCC1.O=C(O)c1cc2ccccc2c(Cc2c(O)c(C(=O)O)cc3ccccc23)c1O. The van der Waals surface area contributed by atoms with Gasteiger partial charge in [-0.05, 0) is 134 Å². The van der Waals surface area contributed by atoms with Crippen molar-refractivity contribution in [2.75, 3.05) is 39.4 Å². The van der Waals surface area contributed by atoms with Gasteiger partial charge < -0.3 is 29.9 Å². The van der Waals surface area contributed by atoms with E-state index < -0.39 is 23.4 Å². The maximum Gasteiger partial charge on any atom is 0.339 e. The van der Waals surface area contributed by atoms with Crippen molar-refractivity contribution in [2.24, 2.45) is 0 Å². The summed E-state index contributed by atoms with van der Waals surface area (Å²) in [4.78, 5) is 28.3. The van der Waals surface area contributed by atoms with Gasteiger partial charge in [0.25, 0.3) is 0 Å². The molecule has 2 heterocycles. The first-order valence-electron chi connectivity index (χ1n) is 26.4. The van der Waals surface area contributed by atoms with E-state index in [1.807, 2.05) is 0 Å². The largest absolute Gasteiger partial charge is 0.507 e. The molecule has 0 amide bonds. The first kappa shape index (κ1) is 53.6. The molecular formula is C65H70N2O8. The second kappa shape index (κ2) is 26.5. The van der Waals surface area contributed by atoms with Crippen LogP contribution in [0.3, 0.4) is 0 Å². The van der Waals surface area contributed by atoms with Gasteiger partial charge in [-0.3, -0.25) is 9.80 Å². The Kier molecular flexibility index (Phi) is 19.0. The minimum atomic E-state index is -1.28. The quantitative estimate of drug-likeness (QED) is 0.0740. The van der Waals surface area contributed by atoms with Crippen LogP contribution in [0, 0.1) is 0 Å². The molecule has 388 valence electrons. The zero-order chi connectivity index (χ0) is 52.5. The Morgan fingerprint density at radius 2 is 0.800 bits per heavy atom. The average Bonchev–Trinajstić information content (AvgIpc) is 3.45. The van der Waals surface area contributed by atoms with Gasteiger partial charge in [-0.25, -0.2) is 9.59 Å². The van der Waals surface area contributed by atoms with E-state index in [1.165, 1.54) is 99.1 Å². The average molecular weight is 1010 g/mol. The van der Waals surface area contributed by atoms with E-state index in [-0.39, 0.29) is 17.5 Å². The number of aromatic hydroxyl groups is 2. The minimum absolute atomic E-state index is 0.0407. The van der Waals surface area contributed by atoms with Crippen molar-refractivity contribution in [1.82, 2.24) is 9.80 Å². The van der Waals surface area contributed by atoms with Crippen LogP contribution >= 0.6 is 0 Å². The molecule has 0 radical (unpaired) electrons. The molecule has 2 aliphatic rings. The predicted octanol–water partition coefficient (Wildman–Crippen LogP) is 13.5. The Morgan fingerprint density at radius 3 is 1.19 bits per heavy atom. The highest BCUT2D eigenvalue weighted by Gasteiger charge is 2.23. The molecule has 0 aromatic heterocycles. The summed E-state index contributed by atoms with van der Waals surface area (Å²) < 4.78 is 12.4. The number of piperidine rings is 2. The summed E-state index contributed by atoms with van der Waals surface area (Å²) in [6, 6.07) is 55.8. The molecule has 2 atom stereocenters. The van der Waals surface area contributed by atoms with Gasteiger partial charge in [0.1, 0.15) is 47.3 Å². The Hall–Kier alpha value is -7.66. The summed E-state index contributed by atoms with van der Waals surface area (Å²) in [5, 5.41) is 42.8. The first-order chi connectivity index (χ1) is 36.5. The normalized spacial score (nSPS) is 14.6. The van der Waals surface area contributed by atoms with Crippen molar-refractivity contribution >= 4 is 33.5 Å². The smallest absolute Gasteiger partial charge is 0.339 e. The van der Waals surface area contributed by atoms with E-state index in [0.29, 0.717) is 44.8 Å². The topological polar surface area (TPSA) is 140 Å². The molecule has 2 unspecified atom stereocenters. The van der Waals surface area contributed by atoms with Crippen molar-refractivity contribution in [2.45, 2.75) is 83.7 Å². The van der Waals surface area contributed by atoms with Crippen LogP contribution in [0.2, 0.25) is 0 Å². The Morgan fingerprint density at radius 1 is 0.453 bits per heavy atom. The number of para-hydroxylation sites is 2. The number of carboxylic acid groups (broad SMARTS) is 2. The van der Waals surface area contributed by atoms with Crippen LogP contribution in [0.15, 0.2) is 170 Å². The van der Waals surface area contributed by atoms with Gasteiger partial charge in [0, 0.05) is 42.5 Å². The number of rotatable bonds is 16. The summed E-state index contributed by atoms with van der Waals surface area (Å²) >= 11 is 0. The number of aromatic carboxylic acids is 2. The molecule has 10 nitrogen and oxygen atoms in total. The second-order valence-corrected chi connectivity index (χ2v) is 19.8. The van der Waals surface area contributed by atoms with Gasteiger partial charge in [0.2, 0.25) is 0 Å². The second-order valence-electron chi connectivity index (χ2n) is 19.8. The van der Waals surface area contributed by atoms with Gasteiger partial charge in [0.15, 0.2) is 0 Å². The Balaban J connectivity index is 0.000000151. The lowest BCUT2D eigenvalue weighted by Gasteiger charge is -2.32. The van der Waals surface area contributed by atoms with Crippen LogP contribution in [0.5, 0.6) is 23.0 Å². The van der Waals surface area contributed by atoms with E-state index in [1.54, 1.807) is 48.5 Å². The molecule has 0 aliphatic carbocycles. The zero-order valence-corrected chi connectivity index (χ0v) is 43.2. The molecule has 0 bridgehead atoms. The van der Waals surface area contributed by atoms with Crippen molar-refractivity contribution in [3.63, 3.8) is 0 Å². The van der Waals surface area contributed by atoms with E-state index in [2.05, 4.69) is 133 Å². The van der Waals surface area contributed by atoms with E-state index >= 15 is 0 Å². The van der Waals surface area contributed by atoms with Gasteiger partial charge >= 0.3 is 11.9 Å². The molecule has 8 aromatic carbocycles. The number of hydrogen-bond acceptors (Lipinski definition) is 8. The number of nitrogens with zero attached hydrogens (tertiary/aromatic N) is 2. The number of phenols is 2. The van der Waals surface area contributed by atoms with Gasteiger partial charge in [-0.15, -0.1) is 0 Å². The molecular weight excluding hydrogens is 937 g/mol. The third-order valence-corrected chi connectivity index (χ3v) is 14.5. The summed E-state index contributed by atoms with van der Waals surface area (Å²) in [6.45, 7) is 11.0. The lowest BCUT2D eigenvalue weighted by molar-refractivity contribution is 0.0682. The zero-order valence-electron chi connectivity index (χ0n) is 43.2. The van der Waals surface area contributed by atoms with E-state index in [4.69, 9.17) is 9.47 Å². The maximum atomic E-state index is 11.6. The van der Waals surface area contributed by atoms with Crippen molar-refractivity contribution in [3.05, 3.63) is 214 Å². The Labute approximate surface area is 441 Å². The molecule has 75 heavy (non-hydrogen) atoms. The number of ether oxygens (including phenoxy) is 2. The van der Waals surface area contributed by atoms with E-state index in [0.717, 1.165) is 37.6 Å². The molecule has 8 aromatic rings. The number of carbonyl (C=O) groups is 2. The number of likely N-dealkylation sites (tertiary alicyclic amines) is 2. The lowest BCUT2D eigenvalue weighted by atomic mass is 9.90. The third-order valence-electron chi connectivity index (χ3n) is 14.5. The highest BCUT2D eigenvalue weighted by molar-refractivity contribution is 6.02. The van der Waals surface area contributed by atoms with Crippen LogP contribution in [0.25, 0.3) is 21.5 Å². The van der Waals surface area contributed by atoms with Crippen LogP contribution in [-0.4, -0.2) is 93.6 Å². The number of carboxylic acids is 2. The van der Waals surface area contributed by atoms with Crippen LogP contribution in [-0.2, 0) is 19.3 Å².